The highest BCUT2D eigenvalue weighted by molar-refractivity contribution is 7.89. The Hall–Kier alpha value is -2.49. The van der Waals surface area contributed by atoms with Crippen LogP contribution in [-0.4, -0.2) is 29.7 Å². The fourth-order valence-corrected chi connectivity index (χ4v) is 3.14. The molecular formula is C14H12ClN5O3S. The van der Waals surface area contributed by atoms with Crippen LogP contribution in [0.2, 0.25) is 5.02 Å². The number of amides is 1. The minimum atomic E-state index is -4.02. The van der Waals surface area contributed by atoms with E-state index in [2.05, 4.69) is 20.7 Å². The molecule has 0 atom stereocenters. The number of fused-ring (bicyclic) bond motifs is 1. The van der Waals surface area contributed by atoms with Gasteiger partial charge in [0.2, 0.25) is 15.9 Å². The molecule has 4 N–H and O–H groups in total. The molecular weight excluding hydrogens is 354 g/mol. The molecule has 1 amide bonds. The molecule has 0 aliphatic carbocycles. The number of primary sulfonamides is 1. The van der Waals surface area contributed by atoms with Gasteiger partial charge >= 0.3 is 0 Å². The number of nitrogens with two attached hydrogens (primary N) is 1. The van der Waals surface area contributed by atoms with Crippen LogP contribution in [-0.2, 0) is 21.2 Å². The van der Waals surface area contributed by atoms with Crippen molar-refractivity contribution in [1.82, 2.24) is 15.4 Å². The van der Waals surface area contributed by atoms with Gasteiger partial charge in [0.25, 0.3) is 0 Å². The van der Waals surface area contributed by atoms with Gasteiger partial charge in [0.05, 0.1) is 6.42 Å². The number of aromatic amines is 1. The second-order valence-electron chi connectivity index (χ2n) is 5.03. The molecule has 0 spiro atoms. The van der Waals surface area contributed by atoms with Crippen molar-refractivity contribution in [3.05, 3.63) is 47.0 Å². The molecule has 3 rings (SSSR count). The van der Waals surface area contributed by atoms with Crippen LogP contribution >= 0.6 is 11.6 Å². The van der Waals surface area contributed by atoms with Crippen molar-refractivity contribution in [1.29, 1.82) is 0 Å². The topological polar surface area (TPSA) is 131 Å². The van der Waals surface area contributed by atoms with E-state index >= 15 is 0 Å². The van der Waals surface area contributed by atoms with E-state index in [-0.39, 0.29) is 33.9 Å². The molecule has 8 nitrogen and oxygen atoms in total. The lowest BCUT2D eigenvalue weighted by Gasteiger charge is -2.08. The predicted molar refractivity (Wildman–Crippen MR) is 89.0 cm³/mol. The van der Waals surface area contributed by atoms with E-state index in [1.54, 1.807) is 24.3 Å². The quantitative estimate of drug-likeness (QED) is 0.643. The van der Waals surface area contributed by atoms with Crippen LogP contribution in [0.5, 0.6) is 0 Å². The first-order chi connectivity index (χ1) is 11.3. The van der Waals surface area contributed by atoms with Crippen LogP contribution in [0.1, 0.15) is 5.56 Å². The number of nitrogens with zero attached hydrogens (tertiary/aromatic N) is 2. The monoisotopic (exact) mass is 365 g/mol. The molecule has 1 aromatic heterocycles. The Kier molecular flexibility index (Phi) is 4.22. The maximum absolute atomic E-state index is 12.2. The summed E-state index contributed by atoms with van der Waals surface area (Å²) < 4.78 is 23.4. The summed E-state index contributed by atoms with van der Waals surface area (Å²) in [7, 11) is -4.02. The molecule has 0 saturated carbocycles. The number of H-pyrrole nitrogens is 1. The van der Waals surface area contributed by atoms with Crippen LogP contribution in [0.3, 0.4) is 0 Å². The summed E-state index contributed by atoms with van der Waals surface area (Å²) in [5.41, 5.74) is 1.29. The maximum atomic E-state index is 12.2. The Labute approximate surface area is 142 Å². The van der Waals surface area contributed by atoms with Gasteiger partial charge in [-0.15, -0.1) is 0 Å². The van der Waals surface area contributed by atoms with Crippen molar-refractivity contribution < 1.29 is 13.2 Å². The van der Waals surface area contributed by atoms with Crippen molar-refractivity contribution in [2.75, 3.05) is 5.32 Å². The number of halogens is 1. The van der Waals surface area contributed by atoms with Gasteiger partial charge in [0, 0.05) is 10.7 Å². The number of carbonyl (C=O) groups excluding carboxylic acids is 1. The summed E-state index contributed by atoms with van der Waals surface area (Å²) in [6.07, 6.45) is 0.0429. The molecule has 0 fully saturated rings. The number of hydrogen-bond acceptors (Lipinski definition) is 5. The summed E-state index contributed by atoms with van der Waals surface area (Å²) in [4.78, 5) is 12.0. The Morgan fingerprint density at radius 3 is 2.71 bits per heavy atom. The van der Waals surface area contributed by atoms with Crippen molar-refractivity contribution in [3.63, 3.8) is 0 Å². The fourth-order valence-electron chi connectivity index (χ4n) is 2.23. The third-order valence-electron chi connectivity index (χ3n) is 3.29. The molecule has 24 heavy (non-hydrogen) atoms. The molecule has 124 valence electrons. The van der Waals surface area contributed by atoms with Crippen LogP contribution in [0.4, 0.5) is 5.69 Å². The molecule has 0 aliphatic heterocycles. The Bertz CT molecular complexity index is 1030. The van der Waals surface area contributed by atoms with Crippen molar-refractivity contribution in [2.24, 2.45) is 5.14 Å². The number of anilines is 1. The van der Waals surface area contributed by atoms with Gasteiger partial charge in [-0.05, 0) is 23.8 Å². The van der Waals surface area contributed by atoms with Crippen LogP contribution in [0, 0.1) is 0 Å². The van der Waals surface area contributed by atoms with Crippen LogP contribution in [0.15, 0.2) is 41.3 Å². The fraction of sp³-hybridized carbons (Fsp3) is 0.0714. The van der Waals surface area contributed by atoms with E-state index in [1.165, 1.54) is 12.1 Å². The standard InChI is InChI=1S/C14H12ClN5O3S/c15-10-4-2-1-3-8(10)5-13(21)17-9-6-11-14(19-20-18-11)12(7-9)24(16,22)23/h1-4,6-7H,5H2,(H,17,21)(H2,16,22,23)(H,18,19,20). The minimum absolute atomic E-state index is 0.0429. The van der Waals surface area contributed by atoms with Gasteiger partial charge in [0.1, 0.15) is 15.9 Å². The lowest BCUT2D eigenvalue weighted by atomic mass is 10.1. The number of hydrogen-bond donors (Lipinski definition) is 3. The first-order valence-corrected chi connectivity index (χ1v) is 8.67. The number of aromatic nitrogens is 3. The average molecular weight is 366 g/mol. The molecule has 3 aromatic rings. The smallest absolute Gasteiger partial charge is 0.240 e. The van der Waals surface area contributed by atoms with E-state index in [4.69, 9.17) is 16.7 Å². The SMILES string of the molecule is NS(=O)(=O)c1cc(NC(=O)Cc2ccccc2Cl)cc2n[nH]nc12. The third-order valence-corrected chi connectivity index (χ3v) is 4.58. The largest absolute Gasteiger partial charge is 0.326 e. The van der Waals surface area contributed by atoms with Gasteiger partial charge in [-0.2, -0.15) is 15.4 Å². The third kappa shape index (κ3) is 3.37. The predicted octanol–water partition coefficient (Wildman–Crippen LogP) is 1.44. The van der Waals surface area contributed by atoms with E-state index in [0.717, 1.165) is 0 Å². The zero-order chi connectivity index (χ0) is 17.3. The second-order valence-corrected chi connectivity index (χ2v) is 6.96. The van der Waals surface area contributed by atoms with Crippen molar-refractivity contribution >= 4 is 44.3 Å². The van der Waals surface area contributed by atoms with Crippen LogP contribution in [0.25, 0.3) is 11.0 Å². The minimum Gasteiger partial charge on any atom is -0.326 e. The zero-order valence-electron chi connectivity index (χ0n) is 12.2. The van der Waals surface area contributed by atoms with E-state index < -0.39 is 10.0 Å². The molecule has 2 aromatic carbocycles. The maximum Gasteiger partial charge on any atom is 0.240 e. The van der Waals surface area contributed by atoms with Gasteiger partial charge < -0.3 is 5.32 Å². The molecule has 0 radical (unpaired) electrons. The molecule has 10 heteroatoms. The van der Waals surface area contributed by atoms with E-state index in [1.807, 2.05) is 0 Å². The normalized spacial score (nSPS) is 11.6. The lowest BCUT2D eigenvalue weighted by Crippen LogP contribution is -2.17. The van der Waals surface area contributed by atoms with Gasteiger partial charge in [-0.3, -0.25) is 4.79 Å². The first-order valence-electron chi connectivity index (χ1n) is 6.75. The summed E-state index contributed by atoms with van der Waals surface area (Å²) in [5.74, 6) is -0.355. The summed E-state index contributed by atoms with van der Waals surface area (Å²) >= 11 is 6.02. The van der Waals surface area contributed by atoms with E-state index in [9.17, 15) is 13.2 Å². The molecule has 0 aliphatic rings. The highest BCUT2D eigenvalue weighted by atomic mass is 35.5. The lowest BCUT2D eigenvalue weighted by molar-refractivity contribution is -0.115. The average Bonchev–Trinajstić information content (AvgIpc) is 2.96. The number of carbonyl (C=O) groups is 1. The van der Waals surface area contributed by atoms with Crippen LogP contribution < -0.4 is 10.5 Å². The molecule has 0 saturated heterocycles. The summed E-state index contributed by atoms with van der Waals surface area (Å²) in [6, 6.07) is 9.70. The molecule has 0 bridgehead atoms. The Balaban J connectivity index is 1.90. The second kappa shape index (κ2) is 6.19. The zero-order valence-corrected chi connectivity index (χ0v) is 13.7. The van der Waals surface area contributed by atoms with Gasteiger partial charge in [0.15, 0.2) is 0 Å². The number of sulfonamides is 1. The van der Waals surface area contributed by atoms with Gasteiger partial charge in [-0.1, -0.05) is 29.8 Å². The highest BCUT2D eigenvalue weighted by Gasteiger charge is 2.18. The number of rotatable bonds is 4. The molecule has 0 unspecified atom stereocenters. The summed E-state index contributed by atoms with van der Waals surface area (Å²) in [6.45, 7) is 0. The Morgan fingerprint density at radius 2 is 2.00 bits per heavy atom. The Morgan fingerprint density at radius 1 is 1.25 bits per heavy atom. The van der Waals surface area contributed by atoms with Gasteiger partial charge in [-0.25, -0.2) is 13.6 Å². The van der Waals surface area contributed by atoms with Crippen molar-refractivity contribution in [3.8, 4) is 0 Å². The highest BCUT2D eigenvalue weighted by Crippen LogP contribution is 2.24. The van der Waals surface area contributed by atoms with Crippen molar-refractivity contribution in [2.45, 2.75) is 11.3 Å². The number of nitrogens with one attached hydrogen (secondary N) is 2. The summed E-state index contributed by atoms with van der Waals surface area (Å²) in [5, 5.41) is 18.2. The number of benzene rings is 2. The first kappa shape index (κ1) is 16.4. The molecule has 1 heterocycles. The van der Waals surface area contributed by atoms with E-state index in [0.29, 0.717) is 10.6 Å².